The molecule has 1 aromatic carbocycles. The normalized spacial score (nSPS) is 23.0. The topological polar surface area (TPSA) is 183 Å². The van der Waals surface area contributed by atoms with E-state index in [1.807, 2.05) is 0 Å². The van der Waals surface area contributed by atoms with E-state index in [4.69, 9.17) is 21.1 Å². The lowest BCUT2D eigenvalue weighted by Gasteiger charge is -2.19. The van der Waals surface area contributed by atoms with Gasteiger partial charge in [-0.2, -0.15) is 4.57 Å². The molecule has 1 aliphatic rings. The van der Waals surface area contributed by atoms with Crippen LogP contribution in [-0.4, -0.2) is 67.0 Å². The zero-order valence-electron chi connectivity index (χ0n) is 18.0. The number of benzene rings is 1. The number of rotatable bonds is 6. The zero-order chi connectivity index (χ0) is 25.3. The van der Waals surface area contributed by atoms with Crippen LogP contribution in [0.2, 0.25) is 5.02 Å². The summed E-state index contributed by atoms with van der Waals surface area (Å²) in [7, 11) is 0. The van der Waals surface area contributed by atoms with Crippen molar-refractivity contribution in [3.05, 3.63) is 71.5 Å². The van der Waals surface area contributed by atoms with Crippen molar-refractivity contribution in [1.82, 2.24) is 9.13 Å². The van der Waals surface area contributed by atoms with E-state index in [1.165, 1.54) is 32.0 Å². The van der Waals surface area contributed by atoms with Gasteiger partial charge < -0.3 is 24.8 Å². The zero-order valence-corrected chi connectivity index (χ0v) is 18.8. The number of aromatic nitrogens is 2. The minimum atomic E-state index is -1.63. The van der Waals surface area contributed by atoms with Gasteiger partial charge in [0.1, 0.15) is 24.9 Å². The molecular formula is C20H22ClN3O10. The molecule has 34 heavy (non-hydrogen) atoms. The SMILES string of the molecule is Cc1cn([C@@H]2O[C@H](CO)C(O)C2O)c(=O)n(C(=O)OCC(C)c2cc(Cl)ccc2[N+](=O)[O-])c1=O. The Balaban J connectivity index is 1.89. The largest absolute Gasteiger partial charge is 0.448 e. The number of hydrogen-bond donors (Lipinski definition) is 3. The highest BCUT2D eigenvalue weighted by molar-refractivity contribution is 6.30. The number of aryl methyl sites for hydroxylation is 1. The molecule has 1 saturated heterocycles. The maximum absolute atomic E-state index is 12.9. The van der Waals surface area contributed by atoms with E-state index in [-0.39, 0.29) is 26.4 Å². The Kier molecular flexibility index (Phi) is 7.53. The summed E-state index contributed by atoms with van der Waals surface area (Å²) in [5.74, 6) is -0.716. The van der Waals surface area contributed by atoms with Crippen LogP contribution in [0.4, 0.5) is 10.5 Å². The average molecular weight is 500 g/mol. The fraction of sp³-hybridized carbons (Fsp3) is 0.450. The molecule has 3 N–H and O–H groups in total. The van der Waals surface area contributed by atoms with Gasteiger partial charge in [-0.25, -0.2) is 9.59 Å². The Bertz CT molecular complexity index is 1230. The number of aliphatic hydroxyl groups excluding tert-OH is 3. The lowest BCUT2D eigenvalue weighted by molar-refractivity contribution is -0.385. The van der Waals surface area contributed by atoms with Crippen LogP contribution in [0.3, 0.4) is 0 Å². The number of nitro groups is 1. The highest BCUT2D eigenvalue weighted by Gasteiger charge is 2.44. The molecule has 1 fully saturated rings. The number of carbonyl (C=O) groups is 1. The van der Waals surface area contributed by atoms with Crippen LogP contribution >= 0.6 is 11.6 Å². The van der Waals surface area contributed by atoms with Crippen LogP contribution in [0.1, 0.15) is 30.2 Å². The summed E-state index contributed by atoms with van der Waals surface area (Å²) in [6.45, 7) is 1.77. The fourth-order valence-corrected chi connectivity index (χ4v) is 3.77. The molecular weight excluding hydrogens is 478 g/mol. The summed E-state index contributed by atoms with van der Waals surface area (Å²) in [4.78, 5) is 48.8. The van der Waals surface area contributed by atoms with Gasteiger partial charge >= 0.3 is 11.8 Å². The van der Waals surface area contributed by atoms with Gasteiger partial charge in [-0.05, 0) is 19.1 Å². The third-order valence-corrected chi connectivity index (χ3v) is 5.67. The van der Waals surface area contributed by atoms with Crippen molar-refractivity contribution in [3.8, 4) is 0 Å². The molecule has 5 atom stereocenters. The molecule has 0 amide bonds. The van der Waals surface area contributed by atoms with Gasteiger partial charge in [-0.3, -0.25) is 19.5 Å². The van der Waals surface area contributed by atoms with Gasteiger partial charge in [-0.1, -0.05) is 18.5 Å². The first-order chi connectivity index (χ1) is 16.0. The molecule has 184 valence electrons. The van der Waals surface area contributed by atoms with Crippen LogP contribution in [0, 0.1) is 17.0 Å². The monoisotopic (exact) mass is 499 g/mol. The Hall–Kier alpha value is -3.10. The first-order valence-electron chi connectivity index (χ1n) is 10.1. The highest BCUT2D eigenvalue weighted by Crippen LogP contribution is 2.30. The number of halogens is 1. The summed E-state index contributed by atoms with van der Waals surface area (Å²) in [5.41, 5.74) is -2.33. The van der Waals surface area contributed by atoms with Crippen molar-refractivity contribution >= 4 is 23.4 Å². The van der Waals surface area contributed by atoms with Crippen LogP contribution in [-0.2, 0) is 9.47 Å². The van der Waals surface area contributed by atoms with E-state index in [2.05, 4.69) is 0 Å². The van der Waals surface area contributed by atoms with E-state index < -0.39 is 65.9 Å². The molecule has 1 aliphatic heterocycles. The highest BCUT2D eigenvalue weighted by atomic mass is 35.5. The molecule has 13 nitrogen and oxygen atoms in total. The number of hydrogen-bond acceptors (Lipinski definition) is 10. The first kappa shape index (κ1) is 25.5. The predicted molar refractivity (Wildman–Crippen MR) is 116 cm³/mol. The Labute approximate surface area is 196 Å². The third-order valence-electron chi connectivity index (χ3n) is 5.43. The molecule has 0 saturated carbocycles. The van der Waals surface area contributed by atoms with E-state index in [0.717, 1.165) is 10.8 Å². The van der Waals surface area contributed by atoms with Crippen LogP contribution in [0.15, 0.2) is 34.0 Å². The van der Waals surface area contributed by atoms with Gasteiger partial charge in [0.05, 0.1) is 11.5 Å². The molecule has 0 bridgehead atoms. The summed E-state index contributed by atoms with van der Waals surface area (Å²) >= 11 is 5.92. The summed E-state index contributed by atoms with van der Waals surface area (Å²) in [6, 6.07) is 3.90. The maximum atomic E-state index is 12.9. The number of nitro benzene ring substituents is 1. The van der Waals surface area contributed by atoms with Gasteiger partial charge in [0.2, 0.25) is 0 Å². The number of ether oxygens (including phenoxy) is 2. The molecule has 3 rings (SSSR count). The molecule has 2 aromatic rings. The molecule has 0 radical (unpaired) electrons. The third kappa shape index (κ3) is 4.74. The van der Waals surface area contributed by atoms with Crippen LogP contribution in [0.5, 0.6) is 0 Å². The van der Waals surface area contributed by atoms with E-state index in [9.17, 15) is 39.8 Å². The fourth-order valence-electron chi connectivity index (χ4n) is 3.59. The van der Waals surface area contributed by atoms with Gasteiger partial charge in [0.25, 0.3) is 11.2 Å². The average Bonchev–Trinajstić information content (AvgIpc) is 3.08. The van der Waals surface area contributed by atoms with Crippen molar-refractivity contribution in [2.75, 3.05) is 13.2 Å². The maximum Gasteiger partial charge on any atom is 0.425 e. The van der Waals surface area contributed by atoms with Gasteiger partial charge in [0.15, 0.2) is 6.23 Å². The Morgan fingerprint density at radius 1 is 1.32 bits per heavy atom. The predicted octanol–water partition coefficient (Wildman–Crippen LogP) is 0.280. The lowest BCUT2D eigenvalue weighted by atomic mass is 10.0. The smallest absolute Gasteiger partial charge is 0.425 e. The standard InChI is InChI=1S/C20H22ClN3O10/c1-9-6-22(18-16(27)15(26)14(7-25)34-18)19(29)23(17(9)28)20(30)33-8-10(2)12-5-11(21)3-4-13(12)24(31)32/h3-6,10,14-16,18,25-27H,7-8H2,1-2H3/t10?,14-,15?,16?,18-/m1/s1. The quantitative estimate of drug-likeness (QED) is 0.368. The van der Waals surface area contributed by atoms with E-state index in [1.54, 1.807) is 0 Å². The molecule has 0 spiro atoms. The van der Waals surface area contributed by atoms with Crippen molar-refractivity contribution in [3.63, 3.8) is 0 Å². The molecule has 14 heteroatoms. The number of carbonyl (C=O) groups excluding carboxylic acids is 1. The van der Waals surface area contributed by atoms with Crippen molar-refractivity contribution in [1.29, 1.82) is 0 Å². The summed E-state index contributed by atoms with van der Waals surface area (Å²) in [6.07, 6.45) is -6.11. The Morgan fingerprint density at radius 3 is 2.59 bits per heavy atom. The van der Waals surface area contributed by atoms with E-state index in [0.29, 0.717) is 0 Å². The second-order valence-electron chi connectivity index (χ2n) is 7.81. The molecule has 2 heterocycles. The van der Waals surface area contributed by atoms with Crippen molar-refractivity contribution in [2.45, 2.75) is 44.3 Å². The molecule has 1 aromatic heterocycles. The van der Waals surface area contributed by atoms with Gasteiger partial charge in [-0.15, -0.1) is 0 Å². The van der Waals surface area contributed by atoms with Crippen molar-refractivity contribution < 1.29 is 34.5 Å². The molecule has 3 unspecified atom stereocenters. The second-order valence-corrected chi connectivity index (χ2v) is 8.25. The molecule has 0 aliphatic carbocycles. The minimum absolute atomic E-state index is 0.0761. The number of aliphatic hydroxyl groups is 3. The van der Waals surface area contributed by atoms with Gasteiger partial charge in [0, 0.05) is 34.3 Å². The van der Waals surface area contributed by atoms with E-state index >= 15 is 0 Å². The number of nitrogens with zero attached hydrogens (tertiary/aromatic N) is 3. The second kappa shape index (κ2) is 10.0. The van der Waals surface area contributed by atoms with Crippen LogP contribution < -0.4 is 11.2 Å². The first-order valence-corrected chi connectivity index (χ1v) is 10.4. The van der Waals surface area contributed by atoms with Crippen molar-refractivity contribution in [2.24, 2.45) is 0 Å². The van der Waals surface area contributed by atoms with Crippen LogP contribution in [0.25, 0.3) is 0 Å². The lowest BCUT2D eigenvalue weighted by Crippen LogP contribution is -2.47. The minimum Gasteiger partial charge on any atom is -0.448 e. The Morgan fingerprint density at radius 2 is 2.00 bits per heavy atom. The summed E-state index contributed by atoms with van der Waals surface area (Å²) in [5, 5.41) is 40.9. The summed E-state index contributed by atoms with van der Waals surface area (Å²) < 4.78 is 11.3.